The second-order valence-corrected chi connectivity index (χ2v) is 4.63. The van der Waals surface area contributed by atoms with Crippen LogP contribution in [0.3, 0.4) is 0 Å². The maximum Gasteiger partial charge on any atom is 0.253 e. The van der Waals surface area contributed by atoms with Gasteiger partial charge in [0.05, 0.1) is 11.3 Å². The lowest BCUT2D eigenvalue weighted by atomic mass is 9.95. The van der Waals surface area contributed by atoms with E-state index in [0.717, 1.165) is 12.8 Å². The Morgan fingerprint density at radius 3 is 2.44 bits per heavy atom. The molecule has 0 radical (unpaired) electrons. The van der Waals surface area contributed by atoms with Crippen LogP contribution in [0.5, 0.6) is 0 Å². The highest BCUT2D eigenvalue weighted by atomic mass is 19.1. The van der Waals surface area contributed by atoms with Crippen molar-refractivity contribution < 1.29 is 9.18 Å². The molecule has 0 heterocycles. The summed E-state index contributed by atoms with van der Waals surface area (Å²) in [6.45, 7) is 6.03. The number of hydrogen-bond donors (Lipinski definition) is 2. The number of nitrogens with one attached hydrogen (secondary N) is 2. The summed E-state index contributed by atoms with van der Waals surface area (Å²) < 4.78 is 13.6. The number of carbonyl (C=O) groups excluding carboxylic acids is 1. The molecule has 1 rings (SSSR count). The third-order valence-corrected chi connectivity index (χ3v) is 3.48. The lowest BCUT2D eigenvalue weighted by Crippen LogP contribution is -2.45. The summed E-state index contributed by atoms with van der Waals surface area (Å²) >= 11 is 0. The van der Waals surface area contributed by atoms with Gasteiger partial charge in [-0.1, -0.05) is 19.9 Å². The van der Waals surface area contributed by atoms with Gasteiger partial charge < -0.3 is 10.6 Å². The predicted molar refractivity (Wildman–Crippen MR) is 72.4 cm³/mol. The molecule has 1 aromatic carbocycles. The Labute approximate surface area is 108 Å². The molecule has 4 heteroatoms. The summed E-state index contributed by atoms with van der Waals surface area (Å²) in [6, 6.07) is 4.50. The first-order chi connectivity index (χ1) is 8.47. The first kappa shape index (κ1) is 14.5. The summed E-state index contributed by atoms with van der Waals surface area (Å²) in [4.78, 5) is 12.2. The first-order valence-electron chi connectivity index (χ1n) is 6.26. The highest BCUT2D eigenvalue weighted by Crippen LogP contribution is 2.21. The van der Waals surface area contributed by atoms with Crippen molar-refractivity contribution in [2.75, 3.05) is 12.4 Å². The van der Waals surface area contributed by atoms with Gasteiger partial charge in [0, 0.05) is 12.6 Å². The van der Waals surface area contributed by atoms with E-state index >= 15 is 0 Å². The zero-order valence-corrected chi connectivity index (χ0v) is 11.4. The van der Waals surface area contributed by atoms with Gasteiger partial charge in [0.15, 0.2) is 0 Å². The Morgan fingerprint density at radius 1 is 1.33 bits per heavy atom. The number of halogens is 1. The molecule has 1 aromatic rings. The number of rotatable bonds is 5. The normalized spacial score (nSPS) is 11.2. The van der Waals surface area contributed by atoms with Crippen LogP contribution in [0.2, 0.25) is 0 Å². The fourth-order valence-corrected chi connectivity index (χ4v) is 1.74. The first-order valence-corrected chi connectivity index (χ1v) is 6.26. The molecule has 3 nitrogen and oxygen atoms in total. The quantitative estimate of drug-likeness (QED) is 0.845. The Kier molecular flexibility index (Phi) is 4.70. The van der Waals surface area contributed by atoms with Crippen molar-refractivity contribution in [2.45, 2.75) is 39.2 Å². The monoisotopic (exact) mass is 252 g/mol. The summed E-state index contributed by atoms with van der Waals surface area (Å²) in [7, 11) is 1.61. The SMILES string of the molecule is CCC(C)(CC)NC(=O)c1cccc(F)c1NC. The molecule has 100 valence electrons. The average Bonchev–Trinajstić information content (AvgIpc) is 2.38. The molecule has 0 saturated heterocycles. The van der Waals surface area contributed by atoms with E-state index in [1.54, 1.807) is 19.2 Å². The third kappa shape index (κ3) is 3.00. The van der Waals surface area contributed by atoms with E-state index in [-0.39, 0.29) is 17.1 Å². The minimum atomic E-state index is -0.417. The highest BCUT2D eigenvalue weighted by Gasteiger charge is 2.24. The Hall–Kier alpha value is -1.58. The number of hydrogen-bond acceptors (Lipinski definition) is 2. The van der Waals surface area contributed by atoms with Crippen LogP contribution in [0.4, 0.5) is 10.1 Å². The summed E-state index contributed by atoms with van der Waals surface area (Å²) in [5, 5.41) is 5.70. The molecule has 0 spiro atoms. The van der Waals surface area contributed by atoms with Crippen molar-refractivity contribution in [3.63, 3.8) is 0 Å². The molecule has 0 saturated carbocycles. The van der Waals surface area contributed by atoms with Crippen molar-refractivity contribution in [1.29, 1.82) is 0 Å². The highest BCUT2D eigenvalue weighted by molar-refractivity contribution is 6.00. The van der Waals surface area contributed by atoms with Crippen LogP contribution in [0.1, 0.15) is 44.0 Å². The van der Waals surface area contributed by atoms with Crippen molar-refractivity contribution in [3.8, 4) is 0 Å². The van der Waals surface area contributed by atoms with Crippen LogP contribution in [-0.2, 0) is 0 Å². The molecule has 0 unspecified atom stereocenters. The second kappa shape index (κ2) is 5.85. The minimum Gasteiger partial charge on any atom is -0.385 e. The maximum atomic E-state index is 13.6. The number of amides is 1. The largest absolute Gasteiger partial charge is 0.385 e. The van der Waals surface area contributed by atoms with Crippen molar-refractivity contribution in [1.82, 2.24) is 5.32 Å². The van der Waals surface area contributed by atoms with Gasteiger partial charge >= 0.3 is 0 Å². The number of benzene rings is 1. The van der Waals surface area contributed by atoms with Gasteiger partial charge in [-0.05, 0) is 31.9 Å². The summed E-state index contributed by atoms with van der Waals surface area (Å²) in [5.74, 6) is -0.662. The Bertz CT molecular complexity index is 428. The van der Waals surface area contributed by atoms with Gasteiger partial charge in [-0.3, -0.25) is 4.79 Å². The van der Waals surface area contributed by atoms with Gasteiger partial charge in [-0.25, -0.2) is 4.39 Å². The van der Waals surface area contributed by atoms with Crippen molar-refractivity contribution in [2.24, 2.45) is 0 Å². The molecule has 18 heavy (non-hydrogen) atoms. The van der Waals surface area contributed by atoms with Crippen LogP contribution in [0.15, 0.2) is 18.2 Å². The second-order valence-electron chi connectivity index (χ2n) is 4.63. The van der Waals surface area contributed by atoms with E-state index < -0.39 is 5.82 Å². The van der Waals surface area contributed by atoms with Crippen LogP contribution >= 0.6 is 0 Å². The molecule has 0 aliphatic rings. The van der Waals surface area contributed by atoms with Gasteiger partial charge in [-0.2, -0.15) is 0 Å². The van der Waals surface area contributed by atoms with Gasteiger partial charge in [0.25, 0.3) is 5.91 Å². The Balaban J connectivity index is 3.01. The minimum absolute atomic E-state index is 0.240. The van der Waals surface area contributed by atoms with E-state index in [1.165, 1.54) is 6.07 Å². The van der Waals surface area contributed by atoms with Crippen LogP contribution in [-0.4, -0.2) is 18.5 Å². The van der Waals surface area contributed by atoms with Crippen molar-refractivity contribution >= 4 is 11.6 Å². The van der Waals surface area contributed by atoms with Gasteiger partial charge in [0.2, 0.25) is 0 Å². The van der Waals surface area contributed by atoms with Crippen LogP contribution in [0.25, 0.3) is 0 Å². The number of para-hydroxylation sites is 1. The molecule has 1 amide bonds. The summed E-state index contributed by atoms with van der Waals surface area (Å²) in [5.41, 5.74) is 0.323. The maximum absolute atomic E-state index is 13.6. The molecule has 2 N–H and O–H groups in total. The molecular weight excluding hydrogens is 231 g/mol. The fraction of sp³-hybridized carbons (Fsp3) is 0.500. The average molecular weight is 252 g/mol. The van der Waals surface area contributed by atoms with E-state index in [0.29, 0.717) is 5.56 Å². The molecular formula is C14H21FN2O. The zero-order chi connectivity index (χ0) is 13.8. The van der Waals surface area contributed by atoms with E-state index in [2.05, 4.69) is 10.6 Å². The Morgan fingerprint density at radius 2 is 1.94 bits per heavy atom. The molecule has 0 fully saturated rings. The van der Waals surface area contributed by atoms with Crippen LogP contribution < -0.4 is 10.6 Å². The smallest absolute Gasteiger partial charge is 0.253 e. The third-order valence-electron chi connectivity index (χ3n) is 3.48. The van der Waals surface area contributed by atoms with E-state index in [9.17, 15) is 9.18 Å². The molecule has 0 aliphatic carbocycles. The number of carbonyl (C=O) groups is 1. The van der Waals surface area contributed by atoms with Crippen molar-refractivity contribution in [3.05, 3.63) is 29.6 Å². The lowest BCUT2D eigenvalue weighted by Gasteiger charge is -2.28. The van der Waals surface area contributed by atoms with E-state index in [4.69, 9.17) is 0 Å². The summed E-state index contributed by atoms with van der Waals surface area (Å²) in [6.07, 6.45) is 1.67. The van der Waals surface area contributed by atoms with E-state index in [1.807, 2.05) is 20.8 Å². The lowest BCUT2D eigenvalue weighted by molar-refractivity contribution is 0.0901. The topological polar surface area (TPSA) is 41.1 Å². The fourth-order valence-electron chi connectivity index (χ4n) is 1.74. The molecule has 0 aromatic heterocycles. The number of anilines is 1. The zero-order valence-electron chi connectivity index (χ0n) is 11.4. The predicted octanol–water partition coefficient (Wildman–Crippen LogP) is 3.18. The van der Waals surface area contributed by atoms with Crippen LogP contribution in [0, 0.1) is 5.82 Å². The molecule has 0 aliphatic heterocycles. The van der Waals surface area contributed by atoms with Gasteiger partial charge in [-0.15, -0.1) is 0 Å². The van der Waals surface area contributed by atoms with Gasteiger partial charge in [0.1, 0.15) is 5.82 Å². The standard InChI is InChI=1S/C14H21FN2O/c1-5-14(3,6-2)17-13(18)10-8-7-9-11(15)12(10)16-4/h7-9,16H,5-6H2,1-4H3,(H,17,18). The molecule has 0 atom stereocenters. The molecule has 0 bridgehead atoms.